The molecular formula is C25H23ClN6O2. The van der Waals surface area contributed by atoms with E-state index in [9.17, 15) is 0 Å². The molecule has 0 bridgehead atoms. The molecule has 2 aromatic carbocycles. The van der Waals surface area contributed by atoms with Crippen LogP contribution in [0.15, 0.2) is 48.8 Å². The second kappa shape index (κ2) is 7.32. The third-order valence-electron chi connectivity index (χ3n) is 7.57. The zero-order chi connectivity index (χ0) is 22.9. The summed E-state index contributed by atoms with van der Waals surface area (Å²) in [7, 11) is 0. The van der Waals surface area contributed by atoms with E-state index >= 15 is 0 Å². The molecule has 0 saturated carbocycles. The van der Waals surface area contributed by atoms with Crippen LogP contribution in [-0.2, 0) is 6.42 Å². The fraction of sp³-hybridized carbons (Fsp3) is 0.320. The third-order valence-corrected chi connectivity index (χ3v) is 7.88. The van der Waals surface area contributed by atoms with Crippen LogP contribution in [0.5, 0.6) is 11.5 Å². The molecule has 0 unspecified atom stereocenters. The summed E-state index contributed by atoms with van der Waals surface area (Å²) in [6.45, 7) is 1.91. The fourth-order valence-electron chi connectivity index (χ4n) is 5.68. The molecule has 4 heterocycles. The average Bonchev–Trinajstić information content (AvgIpc) is 3.56. The first-order valence-electron chi connectivity index (χ1n) is 11.5. The van der Waals surface area contributed by atoms with Gasteiger partial charge in [-0.1, -0.05) is 35.9 Å². The van der Waals surface area contributed by atoms with E-state index in [0.29, 0.717) is 33.8 Å². The monoisotopic (exact) mass is 474 g/mol. The predicted molar refractivity (Wildman–Crippen MR) is 129 cm³/mol. The summed E-state index contributed by atoms with van der Waals surface area (Å²) in [5.74, 6) is 1.93. The van der Waals surface area contributed by atoms with Gasteiger partial charge in [-0.2, -0.15) is 4.98 Å². The van der Waals surface area contributed by atoms with Crippen LogP contribution < -0.4 is 20.1 Å². The van der Waals surface area contributed by atoms with Crippen molar-refractivity contribution in [2.75, 3.05) is 24.8 Å². The van der Waals surface area contributed by atoms with Gasteiger partial charge in [-0.3, -0.25) is 0 Å². The van der Waals surface area contributed by atoms with Gasteiger partial charge in [0, 0.05) is 31.5 Å². The average molecular weight is 475 g/mol. The number of halogens is 1. The lowest BCUT2D eigenvalue weighted by atomic mass is 9.73. The van der Waals surface area contributed by atoms with Gasteiger partial charge in [-0.25, -0.2) is 9.67 Å². The van der Waals surface area contributed by atoms with Gasteiger partial charge in [0.05, 0.1) is 10.4 Å². The number of hydrogen-bond donors (Lipinski definition) is 1. The van der Waals surface area contributed by atoms with E-state index in [4.69, 9.17) is 31.8 Å². The minimum Gasteiger partial charge on any atom is -0.454 e. The Hall–Kier alpha value is -3.36. The summed E-state index contributed by atoms with van der Waals surface area (Å²) in [6, 6.07) is 12.3. The van der Waals surface area contributed by atoms with Gasteiger partial charge < -0.3 is 20.1 Å². The maximum absolute atomic E-state index is 6.73. The van der Waals surface area contributed by atoms with Crippen molar-refractivity contribution in [1.82, 2.24) is 19.7 Å². The molecule has 8 nitrogen and oxygen atoms in total. The van der Waals surface area contributed by atoms with Gasteiger partial charge in [0.15, 0.2) is 17.1 Å². The summed E-state index contributed by atoms with van der Waals surface area (Å²) in [5, 5.41) is 6.05. The van der Waals surface area contributed by atoms with Gasteiger partial charge >= 0.3 is 0 Å². The Kier molecular flexibility index (Phi) is 4.32. The number of fused-ring (bicyclic) bond motifs is 3. The molecule has 4 aromatic rings. The first-order valence-corrected chi connectivity index (χ1v) is 11.9. The third kappa shape index (κ3) is 2.91. The Labute approximate surface area is 201 Å². The van der Waals surface area contributed by atoms with Gasteiger partial charge in [-0.15, -0.1) is 5.10 Å². The van der Waals surface area contributed by atoms with Crippen LogP contribution in [0, 0.1) is 5.41 Å². The Bertz CT molecular complexity index is 1430. The second-order valence-corrected chi connectivity index (χ2v) is 9.76. The van der Waals surface area contributed by atoms with E-state index < -0.39 is 0 Å². The fourth-order valence-corrected chi connectivity index (χ4v) is 5.91. The number of anilines is 1. The zero-order valence-electron chi connectivity index (χ0n) is 18.4. The van der Waals surface area contributed by atoms with Crippen LogP contribution in [0.3, 0.4) is 0 Å². The molecule has 2 aromatic heterocycles. The zero-order valence-corrected chi connectivity index (χ0v) is 19.2. The topological polar surface area (TPSA) is 91.3 Å². The lowest BCUT2D eigenvalue weighted by molar-refractivity contribution is 0.173. The van der Waals surface area contributed by atoms with Crippen molar-refractivity contribution in [3.8, 4) is 17.2 Å². The number of aromatic nitrogens is 4. The van der Waals surface area contributed by atoms with Gasteiger partial charge in [0.25, 0.3) is 0 Å². The van der Waals surface area contributed by atoms with E-state index in [1.807, 2.05) is 12.4 Å². The molecule has 1 aliphatic carbocycles. The Balaban J connectivity index is 1.15. The summed E-state index contributed by atoms with van der Waals surface area (Å²) in [4.78, 5) is 11.7. The number of hydrogen-bond acceptors (Lipinski definition) is 7. The normalized spacial score (nSPS) is 20.3. The van der Waals surface area contributed by atoms with Crippen molar-refractivity contribution >= 4 is 28.6 Å². The van der Waals surface area contributed by atoms with Gasteiger partial charge in [0.1, 0.15) is 5.69 Å². The minimum atomic E-state index is 0.0912. The smallest absolute Gasteiger partial charge is 0.231 e. The maximum atomic E-state index is 6.73. The van der Waals surface area contributed by atoms with Crippen molar-refractivity contribution in [2.24, 2.45) is 11.1 Å². The lowest BCUT2D eigenvalue weighted by Crippen LogP contribution is -2.44. The highest BCUT2D eigenvalue weighted by Gasteiger charge is 2.46. The SMILES string of the molecule is N[C@@H]1c2ccccc2CC12CCN(c1ncc3cn(-c4c(Cl)ccc5c4OCO5)nc3n1)CC2. The van der Waals surface area contributed by atoms with Crippen molar-refractivity contribution in [3.05, 3.63) is 64.9 Å². The number of piperidine rings is 1. The Morgan fingerprint density at radius 3 is 2.79 bits per heavy atom. The summed E-state index contributed by atoms with van der Waals surface area (Å²) in [6.07, 6.45) is 6.76. The quantitative estimate of drug-likeness (QED) is 0.468. The molecule has 1 saturated heterocycles. The van der Waals surface area contributed by atoms with E-state index in [0.717, 1.165) is 37.7 Å². The Morgan fingerprint density at radius 1 is 1.09 bits per heavy atom. The molecule has 0 amide bonds. The molecular weight excluding hydrogens is 452 g/mol. The number of benzene rings is 2. The molecule has 1 atom stereocenters. The van der Waals surface area contributed by atoms with Gasteiger partial charge in [-0.05, 0) is 47.9 Å². The van der Waals surface area contributed by atoms with Crippen LogP contribution >= 0.6 is 11.6 Å². The lowest BCUT2D eigenvalue weighted by Gasteiger charge is -2.42. The molecule has 1 fully saturated rings. The standard InChI is InChI=1S/C25H23ClN6O2/c26-18-5-6-19-21(34-14-33-19)20(18)32-13-16-12-28-24(29-23(16)30-32)31-9-7-25(8-10-31)11-15-3-1-2-4-17(15)22(25)27/h1-6,12-13,22H,7-11,14,27H2/t22-/m1/s1. The number of nitrogens with zero attached hydrogens (tertiary/aromatic N) is 5. The van der Waals surface area contributed by atoms with Crippen molar-refractivity contribution in [3.63, 3.8) is 0 Å². The maximum Gasteiger partial charge on any atom is 0.231 e. The number of ether oxygens (including phenoxy) is 2. The van der Waals surface area contributed by atoms with Crippen LogP contribution in [0.2, 0.25) is 5.02 Å². The Morgan fingerprint density at radius 2 is 1.94 bits per heavy atom. The van der Waals surface area contributed by atoms with E-state index in [-0.39, 0.29) is 18.2 Å². The highest BCUT2D eigenvalue weighted by molar-refractivity contribution is 6.32. The minimum absolute atomic E-state index is 0.0912. The van der Waals surface area contributed by atoms with Gasteiger partial charge in [0.2, 0.25) is 12.7 Å². The largest absolute Gasteiger partial charge is 0.454 e. The molecule has 1 spiro atoms. The van der Waals surface area contributed by atoms with Crippen LogP contribution in [0.1, 0.15) is 30.0 Å². The van der Waals surface area contributed by atoms with Crippen LogP contribution in [0.4, 0.5) is 5.95 Å². The van der Waals surface area contributed by atoms with Crippen molar-refractivity contribution < 1.29 is 9.47 Å². The molecule has 0 radical (unpaired) electrons. The first kappa shape index (κ1) is 20.1. The molecule has 34 heavy (non-hydrogen) atoms. The number of nitrogens with two attached hydrogens (primary N) is 1. The van der Waals surface area contributed by atoms with Crippen LogP contribution in [0.25, 0.3) is 16.7 Å². The molecule has 7 rings (SSSR count). The summed E-state index contributed by atoms with van der Waals surface area (Å²) >= 11 is 6.48. The highest BCUT2D eigenvalue weighted by Crippen LogP contribution is 2.51. The molecule has 172 valence electrons. The number of rotatable bonds is 2. The molecule has 2 aliphatic heterocycles. The first-order chi connectivity index (χ1) is 16.6. The van der Waals surface area contributed by atoms with Crippen molar-refractivity contribution in [2.45, 2.75) is 25.3 Å². The summed E-state index contributed by atoms with van der Waals surface area (Å²) < 4.78 is 12.8. The molecule has 2 N–H and O–H groups in total. The summed E-state index contributed by atoms with van der Waals surface area (Å²) in [5.41, 5.74) is 10.8. The highest BCUT2D eigenvalue weighted by atomic mass is 35.5. The predicted octanol–water partition coefficient (Wildman–Crippen LogP) is 4.04. The van der Waals surface area contributed by atoms with E-state index in [1.165, 1.54) is 11.1 Å². The van der Waals surface area contributed by atoms with E-state index in [1.54, 1.807) is 16.8 Å². The molecule has 3 aliphatic rings. The molecule has 9 heteroatoms. The van der Waals surface area contributed by atoms with Crippen molar-refractivity contribution in [1.29, 1.82) is 0 Å². The van der Waals surface area contributed by atoms with E-state index in [2.05, 4.69) is 39.2 Å². The van der Waals surface area contributed by atoms with Crippen LogP contribution in [-0.4, -0.2) is 39.6 Å². The second-order valence-electron chi connectivity index (χ2n) is 9.36.